The number of likely N-dealkylation sites (N-methyl/N-ethyl adjacent to an activating group) is 1. The molecule has 5 heteroatoms. The summed E-state index contributed by atoms with van der Waals surface area (Å²) in [7, 11) is 1.70. The van der Waals surface area contributed by atoms with Gasteiger partial charge in [-0.05, 0) is 30.5 Å². The van der Waals surface area contributed by atoms with Crippen molar-refractivity contribution in [3.05, 3.63) is 53.2 Å². The van der Waals surface area contributed by atoms with Gasteiger partial charge in [0.2, 0.25) is 0 Å². The smallest absolute Gasteiger partial charge is 0.278 e. The molecule has 1 N–H and O–H groups in total. The molecule has 23 heavy (non-hydrogen) atoms. The fourth-order valence-corrected chi connectivity index (χ4v) is 2.63. The van der Waals surface area contributed by atoms with Crippen LogP contribution >= 0.6 is 0 Å². The molecule has 0 aliphatic carbocycles. The highest BCUT2D eigenvalue weighted by molar-refractivity contribution is 6.35. The van der Waals surface area contributed by atoms with Crippen molar-refractivity contribution in [2.75, 3.05) is 26.7 Å². The molecule has 0 saturated heterocycles. The molecule has 1 aromatic carbocycles. The average molecular weight is 314 g/mol. The highest BCUT2D eigenvalue weighted by atomic mass is 16.3. The minimum Gasteiger partial charge on any atom is -0.395 e. The van der Waals surface area contributed by atoms with Gasteiger partial charge in [0.05, 0.1) is 12.2 Å². The van der Waals surface area contributed by atoms with Crippen molar-refractivity contribution in [2.24, 2.45) is 0 Å². The Morgan fingerprint density at radius 3 is 2.48 bits per heavy atom. The van der Waals surface area contributed by atoms with Crippen molar-refractivity contribution in [3.8, 4) is 0 Å². The number of imide groups is 1. The number of rotatable bonds is 6. The van der Waals surface area contributed by atoms with Gasteiger partial charge in [0.1, 0.15) is 5.70 Å². The Hall–Kier alpha value is -2.40. The Kier molecular flexibility index (Phi) is 5.01. The van der Waals surface area contributed by atoms with Crippen molar-refractivity contribution >= 4 is 17.4 Å². The highest BCUT2D eigenvalue weighted by Gasteiger charge is 2.40. The number of hydrogen-bond donors (Lipinski definition) is 1. The standard InChI is InChI=1S/C18H22N2O3/c1-5-8-20-17(22)15(14-7-6-12(2)13(3)11-14)16(18(20)23)19(4)9-10-21/h5-7,11,21H,1,8-10H2,2-4H3. The van der Waals surface area contributed by atoms with Gasteiger partial charge in [0, 0.05) is 20.1 Å². The van der Waals surface area contributed by atoms with Crippen LogP contribution in [0, 0.1) is 13.8 Å². The zero-order chi connectivity index (χ0) is 17.1. The molecule has 0 aromatic heterocycles. The van der Waals surface area contributed by atoms with Gasteiger partial charge >= 0.3 is 0 Å². The second-order valence-electron chi connectivity index (χ2n) is 5.68. The Balaban J connectivity index is 2.59. The molecule has 0 saturated carbocycles. The molecule has 2 amide bonds. The molecule has 0 radical (unpaired) electrons. The van der Waals surface area contributed by atoms with E-state index in [1.807, 2.05) is 32.0 Å². The van der Waals surface area contributed by atoms with Gasteiger partial charge in [-0.25, -0.2) is 0 Å². The van der Waals surface area contributed by atoms with Gasteiger partial charge < -0.3 is 10.0 Å². The van der Waals surface area contributed by atoms with Gasteiger partial charge in [0.15, 0.2) is 0 Å². The van der Waals surface area contributed by atoms with E-state index in [4.69, 9.17) is 5.11 Å². The van der Waals surface area contributed by atoms with E-state index >= 15 is 0 Å². The lowest BCUT2D eigenvalue weighted by molar-refractivity contribution is -0.136. The van der Waals surface area contributed by atoms with E-state index in [0.29, 0.717) is 11.3 Å². The fraction of sp³-hybridized carbons (Fsp3) is 0.333. The Labute approximate surface area is 136 Å². The first-order valence-electron chi connectivity index (χ1n) is 7.53. The number of carbonyl (C=O) groups is 2. The molecule has 0 unspecified atom stereocenters. The molecule has 0 atom stereocenters. The zero-order valence-corrected chi connectivity index (χ0v) is 13.8. The average Bonchev–Trinajstić information content (AvgIpc) is 2.75. The first kappa shape index (κ1) is 17.0. The SMILES string of the molecule is C=CCN1C(=O)C(c2ccc(C)c(C)c2)=C(N(C)CCO)C1=O. The fourth-order valence-electron chi connectivity index (χ4n) is 2.63. The second-order valence-corrected chi connectivity index (χ2v) is 5.68. The lowest BCUT2D eigenvalue weighted by Crippen LogP contribution is -2.34. The third kappa shape index (κ3) is 3.05. The van der Waals surface area contributed by atoms with Crippen molar-refractivity contribution in [2.45, 2.75) is 13.8 Å². The van der Waals surface area contributed by atoms with E-state index < -0.39 is 0 Å². The van der Waals surface area contributed by atoms with E-state index in [0.717, 1.165) is 16.7 Å². The maximum atomic E-state index is 12.7. The van der Waals surface area contributed by atoms with Crippen molar-refractivity contribution < 1.29 is 14.7 Å². The normalized spacial score (nSPS) is 14.7. The molecule has 2 rings (SSSR count). The predicted octanol–water partition coefficient (Wildman–Crippen LogP) is 1.49. The monoisotopic (exact) mass is 314 g/mol. The van der Waals surface area contributed by atoms with Crippen molar-refractivity contribution in [3.63, 3.8) is 0 Å². The van der Waals surface area contributed by atoms with Crippen LogP contribution in [-0.2, 0) is 9.59 Å². The van der Waals surface area contributed by atoms with Crippen LogP contribution < -0.4 is 0 Å². The number of hydrogen-bond acceptors (Lipinski definition) is 4. The number of carbonyl (C=O) groups excluding carboxylic acids is 2. The number of nitrogens with zero attached hydrogens (tertiary/aromatic N) is 2. The summed E-state index contributed by atoms with van der Waals surface area (Å²) in [4.78, 5) is 28.2. The quantitative estimate of drug-likeness (QED) is 0.638. The van der Waals surface area contributed by atoms with E-state index in [9.17, 15) is 9.59 Å². The van der Waals surface area contributed by atoms with Crippen LogP contribution in [0.15, 0.2) is 36.6 Å². The van der Waals surface area contributed by atoms with Crippen LogP contribution in [0.5, 0.6) is 0 Å². The Bertz CT molecular complexity index is 692. The lowest BCUT2D eigenvalue weighted by Gasteiger charge is -2.20. The van der Waals surface area contributed by atoms with Crippen molar-refractivity contribution in [1.82, 2.24) is 9.80 Å². The summed E-state index contributed by atoms with van der Waals surface area (Å²) in [5.74, 6) is -0.669. The predicted molar refractivity (Wildman–Crippen MR) is 89.5 cm³/mol. The number of aliphatic hydroxyl groups excluding tert-OH is 1. The summed E-state index contributed by atoms with van der Waals surface area (Å²) < 4.78 is 0. The first-order chi connectivity index (χ1) is 10.9. The van der Waals surface area contributed by atoms with E-state index in [2.05, 4.69) is 6.58 Å². The molecule has 5 nitrogen and oxygen atoms in total. The molecule has 0 fully saturated rings. The van der Waals surface area contributed by atoms with Crippen LogP contribution in [-0.4, -0.2) is 53.5 Å². The maximum absolute atomic E-state index is 12.7. The minimum absolute atomic E-state index is 0.0941. The van der Waals surface area contributed by atoms with Crippen molar-refractivity contribution in [1.29, 1.82) is 0 Å². The van der Waals surface area contributed by atoms with Crippen LogP contribution in [0.2, 0.25) is 0 Å². The van der Waals surface area contributed by atoms with Gasteiger partial charge in [-0.15, -0.1) is 6.58 Å². The molecule has 1 aliphatic rings. The summed E-state index contributed by atoms with van der Waals surface area (Å²) in [6.45, 7) is 7.93. The lowest BCUT2D eigenvalue weighted by atomic mass is 9.99. The van der Waals surface area contributed by atoms with Crippen LogP contribution in [0.25, 0.3) is 5.57 Å². The Morgan fingerprint density at radius 2 is 1.91 bits per heavy atom. The van der Waals surface area contributed by atoms with Crippen LogP contribution in [0.4, 0.5) is 0 Å². The van der Waals surface area contributed by atoms with Gasteiger partial charge in [-0.2, -0.15) is 0 Å². The minimum atomic E-state index is -0.348. The summed E-state index contributed by atoms with van der Waals surface area (Å²) in [6.07, 6.45) is 1.53. The Morgan fingerprint density at radius 1 is 1.22 bits per heavy atom. The molecular weight excluding hydrogens is 292 g/mol. The molecule has 0 bridgehead atoms. The van der Waals surface area contributed by atoms with Crippen LogP contribution in [0.3, 0.4) is 0 Å². The molecule has 1 heterocycles. The van der Waals surface area contributed by atoms with E-state index in [1.54, 1.807) is 11.9 Å². The van der Waals surface area contributed by atoms with Gasteiger partial charge in [-0.3, -0.25) is 14.5 Å². The van der Waals surface area contributed by atoms with Crippen LogP contribution in [0.1, 0.15) is 16.7 Å². The zero-order valence-electron chi connectivity index (χ0n) is 13.8. The number of aliphatic hydroxyl groups is 1. The van der Waals surface area contributed by atoms with E-state index in [1.165, 1.54) is 11.0 Å². The summed E-state index contributed by atoms with van der Waals surface area (Å²) in [5.41, 5.74) is 3.61. The molecule has 122 valence electrons. The molecular formula is C18H22N2O3. The summed E-state index contributed by atoms with van der Waals surface area (Å²) >= 11 is 0. The number of aryl methyl sites for hydroxylation is 2. The molecule has 1 aliphatic heterocycles. The second kappa shape index (κ2) is 6.79. The molecule has 0 spiro atoms. The largest absolute Gasteiger partial charge is 0.395 e. The first-order valence-corrected chi connectivity index (χ1v) is 7.53. The van der Waals surface area contributed by atoms with E-state index in [-0.39, 0.29) is 31.5 Å². The third-order valence-corrected chi connectivity index (χ3v) is 4.07. The summed E-state index contributed by atoms with van der Waals surface area (Å²) in [6, 6.07) is 5.71. The maximum Gasteiger partial charge on any atom is 0.278 e. The van der Waals surface area contributed by atoms with Gasteiger partial charge in [0.25, 0.3) is 11.8 Å². The van der Waals surface area contributed by atoms with Gasteiger partial charge in [-0.1, -0.05) is 24.3 Å². The third-order valence-electron chi connectivity index (χ3n) is 4.07. The molecule has 1 aromatic rings. The topological polar surface area (TPSA) is 60.9 Å². The highest BCUT2D eigenvalue weighted by Crippen LogP contribution is 2.31. The number of benzene rings is 1. The summed E-state index contributed by atoms with van der Waals surface area (Å²) in [5, 5.41) is 9.17. The number of amides is 2.